The molecule has 0 spiro atoms. The van der Waals surface area contributed by atoms with Gasteiger partial charge in [0.25, 0.3) is 0 Å². The largest absolute Gasteiger partial charge is 0.491 e. The second-order valence-electron chi connectivity index (χ2n) is 12.9. The average Bonchev–Trinajstić information content (AvgIpc) is 3.83. The van der Waals surface area contributed by atoms with E-state index in [-0.39, 0.29) is 6.61 Å². The summed E-state index contributed by atoms with van der Waals surface area (Å²) in [6.07, 6.45) is 8.50. The number of aldehydes is 2. The van der Waals surface area contributed by atoms with Crippen molar-refractivity contribution in [1.29, 1.82) is 0 Å². The molecule has 0 radical (unpaired) electrons. The van der Waals surface area contributed by atoms with E-state index in [2.05, 4.69) is 54.0 Å². The Kier molecular flexibility index (Phi) is 28.1. The maximum Gasteiger partial charge on any atom is 0.183 e. The number of anilines is 2. The number of aryl methyl sites for hydroxylation is 1. The standard InChI is InChI=1S/C22H36O9.C14H17N3S.C9H12O/c23-5-4-21-2-1-3-22(20-21)31-19-18-30-17-16-29-15-14-28-13-12-27-11-10-26-9-8-25-7-6-24;1-9-13(16-14(15-2)18-9)11-4-5-12-10(8-11)6-7-17(12)3;1-4-6-9(7-10)8(3)5-2/h1-3,5,20,24H,4,6-19H2;4-5,8H,6-7H2,1-3H3,(H,15,16);4-7H,2H2,1,3H3/b;;6-4-,9-8+. The fraction of sp³-hybridized carbons (Fsp3) is 0.489. The number of carbonyl (C=O) groups excluding carboxylic acids is 2. The summed E-state index contributed by atoms with van der Waals surface area (Å²) in [5.74, 6) is 0.733. The third-order valence-corrected chi connectivity index (χ3v) is 9.52. The molecule has 0 unspecified atom stereocenters. The zero-order valence-electron chi connectivity index (χ0n) is 35.6. The predicted molar refractivity (Wildman–Crippen MR) is 236 cm³/mol. The van der Waals surface area contributed by atoms with Gasteiger partial charge in [-0.05, 0) is 68.2 Å². The first-order valence-electron chi connectivity index (χ1n) is 19.9. The van der Waals surface area contributed by atoms with Gasteiger partial charge in [-0.25, -0.2) is 4.98 Å². The van der Waals surface area contributed by atoms with E-state index in [9.17, 15) is 9.59 Å². The number of carbonyl (C=O) groups is 2. The van der Waals surface area contributed by atoms with Crippen molar-refractivity contribution in [3.63, 3.8) is 0 Å². The molecule has 59 heavy (non-hydrogen) atoms. The fourth-order valence-corrected chi connectivity index (χ4v) is 6.18. The van der Waals surface area contributed by atoms with Crippen LogP contribution in [0.3, 0.4) is 0 Å². The summed E-state index contributed by atoms with van der Waals surface area (Å²) in [5, 5.41) is 12.6. The molecule has 1 aliphatic rings. The van der Waals surface area contributed by atoms with Gasteiger partial charge in [0.1, 0.15) is 24.9 Å². The van der Waals surface area contributed by atoms with Crippen LogP contribution in [0.5, 0.6) is 5.75 Å². The highest BCUT2D eigenvalue weighted by Gasteiger charge is 2.17. The normalized spacial score (nSPS) is 12.2. The Hall–Kier alpha value is -4.25. The van der Waals surface area contributed by atoms with Gasteiger partial charge in [0, 0.05) is 48.8 Å². The molecular weight excluding hydrogens is 775 g/mol. The number of rotatable bonds is 28. The molecule has 0 saturated heterocycles. The van der Waals surface area contributed by atoms with Crippen molar-refractivity contribution in [2.75, 3.05) is 123 Å². The zero-order chi connectivity index (χ0) is 42.9. The number of aliphatic hydroxyl groups excluding tert-OH is 1. The highest BCUT2D eigenvalue weighted by Crippen LogP contribution is 2.35. The van der Waals surface area contributed by atoms with Gasteiger partial charge < -0.3 is 53.3 Å². The number of fused-ring (bicyclic) bond motifs is 1. The summed E-state index contributed by atoms with van der Waals surface area (Å²) < 4.78 is 37.6. The Bertz CT molecular complexity index is 1680. The maximum atomic E-state index is 10.5. The number of thiazole rings is 1. The van der Waals surface area contributed by atoms with Crippen LogP contribution >= 0.6 is 11.3 Å². The molecule has 2 aromatic carbocycles. The first kappa shape index (κ1) is 50.9. The number of nitrogens with zero attached hydrogens (tertiary/aromatic N) is 2. The molecule has 14 heteroatoms. The molecule has 13 nitrogen and oxygen atoms in total. The van der Waals surface area contributed by atoms with Crippen molar-refractivity contribution in [1.82, 2.24) is 4.98 Å². The summed E-state index contributed by atoms with van der Waals surface area (Å²) in [6, 6.07) is 14.2. The zero-order valence-corrected chi connectivity index (χ0v) is 36.4. The molecule has 2 N–H and O–H groups in total. The fourth-order valence-electron chi connectivity index (χ4n) is 5.39. The third-order valence-electron chi connectivity index (χ3n) is 8.54. The molecule has 0 saturated carbocycles. The topological polar surface area (TPSA) is 147 Å². The molecular formula is C45H65N3O10S. The number of nitrogens with one attached hydrogen (secondary N) is 1. The number of benzene rings is 2. The quantitative estimate of drug-likeness (QED) is 0.0365. The van der Waals surface area contributed by atoms with E-state index in [1.165, 1.54) is 21.7 Å². The lowest BCUT2D eigenvalue weighted by molar-refractivity contribution is -0.107. The van der Waals surface area contributed by atoms with Crippen LogP contribution in [-0.2, 0) is 50.9 Å². The SMILES string of the molecule is C=C/C(C)=C(C=O)\C=C/C.CNc1nc(-c2ccc3c(c2)CCN3C)c(C)s1.O=CCc1cccc(OCCOCCOCCOCCOCCOCCOCCO)c1. The van der Waals surface area contributed by atoms with Crippen LogP contribution in [0.25, 0.3) is 11.3 Å². The minimum absolute atomic E-state index is 0.0266. The van der Waals surface area contributed by atoms with Gasteiger partial charge in [-0.15, -0.1) is 11.3 Å². The van der Waals surface area contributed by atoms with Crippen LogP contribution in [0.4, 0.5) is 10.8 Å². The van der Waals surface area contributed by atoms with Crippen molar-refractivity contribution in [2.45, 2.75) is 33.6 Å². The Labute approximate surface area is 355 Å². The number of hydrogen-bond acceptors (Lipinski definition) is 14. The van der Waals surface area contributed by atoms with Gasteiger partial charge in [0.2, 0.25) is 0 Å². The molecule has 0 atom stereocenters. The molecule has 326 valence electrons. The van der Waals surface area contributed by atoms with Crippen LogP contribution in [0, 0.1) is 6.92 Å². The van der Waals surface area contributed by atoms with Crippen LogP contribution in [0.15, 0.2) is 78.4 Å². The molecule has 3 aromatic rings. The van der Waals surface area contributed by atoms with Crippen LogP contribution < -0.4 is 15.0 Å². The van der Waals surface area contributed by atoms with E-state index < -0.39 is 0 Å². The van der Waals surface area contributed by atoms with Gasteiger partial charge in [0.15, 0.2) is 5.13 Å². The Morgan fingerprint density at radius 3 is 1.98 bits per heavy atom. The highest BCUT2D eigenvalue weighted by atomic mass is 32.1. The number of ether oxygens (including phenoxy) is 7. The van der Waals surface area contributed by atoms with E-state index in [0.29, 0.717) is 97.9 Å². The van der Waals surface area contributed by atoms with Crippen molar-refractivity contribution >= 4 is 34.7 Å². The summed E-state index contributed by atoms with van der Waals surface area (Å²) in [4.78, 5) is 29.1. The smallest absolute Gasteiger partial charge is 0.183 e. The first-order valence-corrected chi connectivity index (χ1v) is 20.8. The summed E-state index contributed by atoms with van der Waals surface area (Å²) in [7, 11) is 4.07. The molecule has 0 bridgehead atoms. The second-order valence-corrected chi connectivity index (χ2v) is 14.1. The molecule has 0 fully saturated rings. The second kappa shape index (κ2) is 32.6. The van der Waals surface area contributed by atoms with Crippen molar-refractivity contribution in [3.8, 4) is 17.0 Å². The molecule has 0 amide bonds. The molecule has 4 rings (SSSR count). The van der Waals surface area contributed by atoms with Crippen molar-refractivity contribution in [3.05, 3.63) is 94.4 Å². The predicted octanol–water partition coefficient (Wildman–Crippen LogP) is 6.32. The van der Waals surface area contributed by atoms with E-state index >= 15 is 0 Å². The third kappa shape index (κ3) is 21.5. The van der Waals surface area contributed by atoms with Gasteiger partial charge in [-0.1, -0.05) is 43.0 Å². The van der Waals surface area contributed by atoms with Gasteiger partial charge in [-0.3, -0.25) is 4.79 Å². The lowest BCUT2D eigenvalue weighted by Gasteiger charge is -2.11. The number of likely N-dealkylation sites (N-methyl/N-ethyl adjacent to an activating group) is 1. The van der Waals surface area contributed by atoms with Crippen LogP contribution in [-0.4, -0.2) is 136 Å². The first-order chi connectivity index (χ1) is 28.8. The van der Waals surface area contributed by atoms with Crippen molar-refractivity contribution < 1.29 is 47.9 Å². The van der Waals surface area contributed by atoms with E-state index in [1.54, 1.807) is 23.5 Å². The number of aliphatic hydroxyl groups is 1. The minimum atomic E-state index is 0.0266. The lowest BCUT2D eigenvalue weighted by Crippen LogP contribution is -2.15. The van der Waals surface area contributed by atoms with E-state index in [0.717, 1.165) is 53.2 Å². The Morgan fingerprint density at radius 1 is 0.881 bits per heavy atom. The number of hydrogen-bond donors (Lipinski definition) is 2. The Balaban J connectivity index is 0.000000356. The molecule has 1 aromatic heterocycles. The minimum Gasteiger partial charge on any atom is -0.491 e. The van der Waals surface area contributed by atoms with Gasteiger partial charge >= 0.3 is 0 Å². The van der Waals surface area contributed by atoms with E-state index in [4.69, 9.17) is 38.3 Å². The van der Waals surface area contributed by atoms with Crippen LogP contribution in [0.2, 0.25) is 0 Å². The van der Waals surface area contributed by atoms with Crippen molar-refractivity contribution in [2.24, 2.45) is 0 Å². The van der Waals surface area contributed by atoms with Gasteiger partial charge in [-0.2, -0.15) is 0 Å². The molecule has 1 aliphatic heterocycles. The summed E-state index contributed by atoms with van der Waals surface area (Å²) in [6.45, 7) is 16.8. The highest BCUT2D eigenvalue weighted by molar-refractivity contribution is 7.16. The maximum absolute atomic E-state index is 10.5. The van der Waals surface area contributed by atoms with Crippen LogP contribution in [0.1, 0.15) is 29.9 Å². The average molecular weight is 840 g/mol. The van der Waals surface area contributed by atoms with E-state index in [1.807, 2.05) is 51.2 Å². The summed E-state index contributed by atoms with van der Waals surface area (Å²) in [5.41, 5.74) is 7.68. The summed E-state index contributed by atoms with van der Waals surface area (Å²) >= 11 is 1.71. The molecule has 0 aliphatic carbocycles. The Morgan fingerprint density at radius 2 is 1.47 bits per heavy atom. The number of allylic oxidation sites excluding steroid dienone is 5. The molecule has 2 heterocycles. The monoisotopic (exact) mass is 839 g/mol. The van der Waals surface area contributed by atoms with Gasteiger partial charge in [0.05, 0.1) is 91.6 Å². The number of aromatic nitrogens is 1. The lowest BCUT2D eigenvalue weighted by atomic mass is 10.1.